The number of hydrogen-bond acceptors (Lipinski definition) is 3. The van der Waals surface area contributed by atoms with Crippen molar-refractivity contribution in [1.82, 2.24) is 10.5 Å². The first kappa shape index (κ1) is 9.21. The van der Waals surface area contributed by atoms with Crippen LogP contribution in [0.5, 0.6) is 0 Å². The van der Waals surface area contributed by atoms with E-state index >= 15 is 0 Å². The molecule has 1 aromatic carbocycles. The van der Waals surface area contributed by atoms with Gasteiger partial charge in [0.25, 0.3) is 0 Å². The Balaban J connectivity index is 2.25. The highest BCUT2D eigenvalue weighted by Crippen LogP contribution is 2.15. The van der Waals surface area contributed by atoms with Gasteiger partial charge in [-0.1, -0.05) is 11.2 Å². The minimum Gasteiger partial charge on any atom is -0.364 e. The van der Waals surface area contributed by atoms with Crippen LogP contribution in [0, 0.1) is 0 Å². The molecule has 1 unspecified atom stereocenters. The predicted molar refractivity (Wildman–Crippen MR) is 56.2 cm³/mol. The Labute approximate surface area is 83.1 Å². The molecular weight excluding hydrogens is 176 g/mol. The molecule has 0 aliphatic heterocycles. The largest absolute Gasteiger partial charge is 0.364 e. The van der Waals surface area contributed by atoms with Crippen molar-refractivity contribution >= 4 is 10.9 Å². The van der Waals surface area contributed by atoms with Crippen LogP contribution in [-0.2, 0) is 6.42 Å². The van der Waals surface area contributed by atoms with Gasteiger partial charge in [-0.2, -0.15) is 0 Å². The van der Waals surface area contributed by atoms with Crippen LogP contribution >= 0.6 is 0 Å². The molecule has 0 saturated heterocycles. The van der Waals surface area contributed by atoms with Crippen molar-refractivity contribution in [1.29, 1.82) is 0 Å². The number of likely N-dealkylation sites (N-methyl/N-ethyl adjacent to an activating group) is 1. The topological polar surface area (TPSA) is 38.1 Å². The molecule has 0 fully saturated rings. The molecule has 1 atom stereocenters. The van der Waals surface area contributed by atoms with Gasteiger partial charge in [-0.05, 0) is 38.1 Å². The SMILES string of the molecule is CNC(C)Cc1ccc2conc2c1. The van der Waals surface area contributed by atoms with Crippen molar-refractivity contribution in [2.75, 3.05) is 7.05 Å². The van der Waals surface area contributed by atoms with Crippen molar-refractivity contribution in [3.05, 3.63) is 30.0 Å². The quantitative estimate of drug-likeness (QED) is 0.804. The van der Waals surface area contributed by atoms with Gasteiger partial charge in [0.15, 0.2) is 0 Å². The fraction of sp³-hybridized carbons (Fsp3) is 0.364. The van der Waals surface area contributed by atoms with Crippen molar-refractivity contribution in [2.24, 2.45) is 0 Å². The van der Waals surface area contributed by atoms with Crippen molar-refractivity contribution < 1.29 is 4.52 Å². The number of aromatic nitrogens is 1. The molecule has 0 aliphatic carbocycles. The van der Waals surface area contributed by atoms with Gasteiger partial charge in [0.05, 0.1) is 0 Å². The van der Waals surface area contributed by atoms with Gasteiger partial charge >= 0.3 is 0 Å². The van der Waals surface area contributed by atoms with Gasteiger partial charge in [-0.15, -0.1) is 0 Å². The van der Waals surface area contributed by atoms with Gasteiger partial charge in [-0.25, -0.2) is 0 Å². The Morgan fingerprint density at radius 2 is 2.36 bits per heavy atom. The lowest BCUT2D eigenvalue weighted by atomic mass is 10.1. The highest BCUT2D eigenvalue weighted by Gasteiger charge is 2.03. The summed E-state index contributed by atoms with van der Waals surface area (Å²) in [6.45, 7) is 2.16. The Morgan fingerprint density at radius 3 is 3.14 bits per heavy atom. The third-order valence-corrected chi connectivity index (χ3v) is 2.46. The number of benzene rings is 1. The summed E-state index contributed by atoms with van der Waals surface area (Å²) in [5.41, 5.74) is 2.22. The molecule has 2 rings (SSSR count). The summed E-state index contributed by atoms with van der Waals surface area (Å²) in [5, 5.41) is 8.19. The molecule has 3 nitrogen and oxygen atoms in total. The van der Waals surface area contributed by atoms with Gasteiger partial charge < -0.3 is 9.84 Å². The summed E-state index contributed by atoms with van der Waals surface area (Å²) in [6, 6.07) is 6.73. The van der Waals surface area contributed by atoms with Crippen molar-refractivity contribution in [3.8, 4) is 0 Å². The molecular formula is C11H14N2O. The summed E-state index contributed by atoms with van der Waals surface area (Å²) < 4.78 is 4.89. The van der Waals surface area contributed by atoms with Crippen molar-refractivity contribution in [3.63, 3.8) is 0 Å². The standard InChI is InChI=1S/C11H14N2O/c1-8(12-2)5-9-3-4-10-7-14-13-11(10)6-9/h3-4,6-8,12H,5H2,1-2H3. The van der Waals surface area contributed by atoms with E-state index < -0.39 is 0 Å². The van der Waals surface area contributed by atoms with E-state index in [0.29, 0.717) is 6.04 Å². The Morgan fingerprint density at radius 1 is 1.50 bits per heavy atom. The summed E-state index contributed by atoms with van der Waals surface area (Å²) >= 11 is 0. The third kappa shape index (κ3) is 1.77. The van der Waals surface area contributed by atoms with E-state index in [-0.39, 0.29) is 0 Å². The number of hydrogen-bond donors (Lipinski definition) is 1. The minimum atomic E-state index is 0.486. The van der Waals surface area contributed by atoms with Crippen LogP contribution in [0.3, 0.4) is 0 Å². The lowest BCUT2D eigenvalue weighted by Crippen LogP contribution is -2.23. The van der Waals surface area contributed by atoms with E-state index in [0.717, 1.165) is 17.3 Å². The smallest absolute Gasteiger partial charge is 0.131 e. The fourth-order valence-corrected chi connectivity index (χ4v) is 1.49. The van der Waals surface area contributed by atoms with Crippen LogP contribution in [0.2, 0.25) is 0 Å². The molecule has 0 amide bonds. The van der Waals surface area contributed by atoms with Crippen LogP contribution in [0.1, 0.15) is 12.5 Å². The average molecular weight is 190 g/mol. The Kier molecular flexibility index (Phi) is 2.50. The lowest BCUT2D eigenvalue weighted by molar-refractivity contribution is 0.428. The molecule has 1 heterocycles. The van der Waals surface area contributed by atoms with Crippen LogP contribution in [0.15, 0.2) is 29.0 Å². The number of rotatable bonds is 3. The minimum absolute atomic E-state index is 0.486. The van der Waals surface area contributed by atoms with E-state index in [1.165, 1.54) is 5.56 Å². The normalized spacial score (nSPS) is 13.3. The molecule has 74 valence electrons. The summed E-state index contributed by atoms with van der Waals surface area (Å²) in [7, 11) is 1.97. The number of nitrogens with one attached hydrogen (secondary N) is 1. The zero-order chi connectivity index (χ0) is 9.97. The van der Waals surface area contributed by atoms with Gasteiger partial charge in [0.1, 0.15) is 11.8 Å². The zero-order valence-corrected chi connectivity index (χ0v) is 8.45. The van der Waals surface area contributed by atoms with Gasteiger partial charge in [0, 0.05) is 11.4 Å². The Hall–Kier alpha value is -1.35. The molecule has 14 heavy (non-hydrogen) atoms. The second-order valence-electron chi connectivity index (χ2n) is 3.60. The zero-order valence-electron chi connectivity index (χ0n) is 8.45. The second kappa shape index (κ2) is 3.80. The molecule has 3 heteroatoms. The lowest BCUT2D eigenvalue weighted by Gasteiger charge is -2.09. The predicted octanol–water partition coefficient (Wildman–Crippen LogP) is 1.98. The maximum absolute atomic E-state index is 4.89. The van der Waals surface area contributed by atoms with Crippen LogP contribution < -0.4 is 5.32 Å². The number of fused-ring (bicyclic) bond motifs is 1. The van der Waals surface area contributed by atoms with E-state index in [1.807, 2.05) is 13.1 Å². The molecule has 0 spiro atoms. The summed E-state index contributed by atoms with van der Waals surface area (Å²) in [6.07, 6.45) is 2.68. The van der Waals surface area contributed by atoms with E-state index in [2.05, 4.69) is 29.5 Å². The van der Waals surface area contributed by atoms with Crippen LogP contribution in [0.4, 0.5) is 0 Å². The third-order valence-electron chi connectivity index (χ3n) is 2.46. The van der Waals surface area contributed by atoms with Crippen LogP contribution in [0.25, 0.3) is 10.9 Å². The maximum atomic E-state index is 4.89. The number of nitrogens with zero attached hydrogens (tertiary/aromatic N) is 1. The van der Waals surface area contributed by atoms with Gasteiger partial charge in [-0.3, -0.25) is 0 Å². The molecule has 0 saturated carbocycles. The van der Waals surface area contributed by atoms with E-state index in [9.17, 15) is 0 Å². The first-order valence-corrected chi connectivity index (χ1v) is 4.80. The molecule has 1 N–H and O–H groups in total. The fourth-order valence-electron chi connectivity index (χ4n) is 1.49. The average Bonchev–Trinajstić information content (AvgIpc) is 2.64. The highest BCUT2D eigenvalue weighted by atomic mass is 16.5. The summed E-state index contributed by atoms with van der Waals surface area (Å²) in [4.78, 5) is 0. The van der Waals surface area contributed by atoms with Crippen molar-refractivity contribution in [2.45, 2.75) is 19.4 Å². The first-order valence-electron chi connectivity index (χ1n) is 4.80. The monoisotopic (exact) mass is 190 g/mol. The molecule has 0 radical (unpaired) electrons. The second-order valence-corrected chi connectivity index (χ2v) is 3.60. The molecule has 2 aromatic rings. The van der Waals surface area contributed by atoms with Gasteiger partial charge in [0.2, 0.25) is 0 Å². The highest BCUT2D eigenvalue weighted by molar-refractivity contribution is 5.77. The Bertz CT molecular complexity index is 422. The van der Waals surface area contributed by atoms with E-state index in [4.69, 9.17) is 4.52 Å². The first-order chi connectivity index (χ1) is 6.79. The molecule has 1 aromatic heterocycles. The maximum Gasteiger partial charge on any atom is 0.131 e. The van der Waals surface area contributed by atoms with Crippen LogP contribution in [-0.4, -0.2) is 18.2 Å². The van der Waals surface area contributed by atoms with E-state index in [1.54, 1.807) is 6.26 Å². The summed E-state index contributed by atoms with van der Waals surface area (Å²) in [5.74, 6) is 0. The molecule has 0 aliphatic rings. The molecule has 0 bridgehead atoms.